The molecule has 1 aliphatic heterocycles. The SMILES string of the molecule is NC(Cc1ccc(F)cc1)c1ccc2c(c1)C(=O)NCC2. The molecular formula is C17H17FN2O. The first-order chi connectivity index (χ1) is 10.1. The lowest BCUT2D eigenvalue weighted by atomic mass is 9.93. The van der Waals surface area contributed by atoms with Crippen molar-refractivity contribution in [3.63, 3.8) is 0 Å². The van der Waals surface area contributed by atoms with E-state index in [0.29, 0.717) is 18.5 Å². The number of hydrogen-bond donors (Lipinski definition) is 2. The van der Waals surface area contributed by atoms with Crippen molar-refractivity contribution >= 4 is 5.91 Å². The highest BCUT2D eigenvalue weighted by Crippen LogP contribution is 2.22. The number of halogens is 1. The van der Waals surface area contributed by atoms with Crippen molar-refractivity contribution in [2.75, 3.05) is 6.54 Å². The average molecular weight is 284 g/mol. The predicted octanol–water partition coefficient (Wildman–Crippen LogP) is 2.35. The van der Waals surface area contributed by atoms with Crippen LogP contribution in [0.1, 0.15) is 33.1 Å². The Labute approximate surface area is 123 Å². The minimum atomic E-state index is -0.252. The van der Waals surface area contributed by atoms with Crippen LogP contribution in [0.2, 0.25) is 0 Å². The number of carbonyl (C=O) groups excluding carboxylic acids is 1. The second kappa shape index (κ2) is 5.66. The molecule has 21 heavy (non-hydrogen) atoms. The number of amides is 1. The maximum atomic E-state index is 12.9. The molecule has 0 aromatic heterocycles. The number of rotatable bonds is 3. The third-order valence-electron chi connectivity index (χ3n) is 3.86. The molecule has 1 heterocycles. The van der Waals surface area contributed by atoms with E-state index in [0.717, 1.165) is 23.1 Å². The van der Waals surface area contributed by atoms with Crippen LogP contribution in [0.5, 0.6) is 0 Å². The molecule has 2 aromatic rings. The van der Waals surface area contributed by atoms with Crippen LogP contribution in [0.3, 0.4) is 0 Å². The molecular weight excluding hydrogens is 267 g/mol. The summed E-state index contributed by atoms with van der Waals surface area (Å²) in [5.41, 5.74) is 9.90. The van der Waals surface area contributed by atoms with E-state index in [9.17, 15) is 9.18 Å². The number of carbonyl (C=O) groups is 1. The van der Waals surface area contributed by atoms with Crippen LogP contribution in [0.4, 0.5) is 4.39 Å². The molecule has 3 nitrogen and oxygen atoms in total. The Morgan fingerprint density at radius 1 is 1.19 bits per heavy atom. The maximum absolute atomic E-state index is 12.9. The van der Waals surface area contributed by atoms with Gasteiger partial charge in [0.25, 0.3) is 5.91 Å². The Morgan fingerprint density at radius 2 is 1.95 bits per heavy atom. The molecule has 1 amide bonds. The van der Waals surface area contributed by atoms with Crippen molar-refractivity contribution < 1.29 is 9.18 Å². The second-order valence-electron chi connectivity index (χ2n) is 5.36. The number of nitrogens with one attached hydrogen (secondary N) is 1. The first-order valence-corrected chi connectivity index (χ1v) is 7.04. The van der Waals surface area contributed by atoms with Crippen molar-refractivity contribution in [3.8, 4) is 0 Å². The van der Waals surface area contributed by atoms with Gasteiger partial charge in [-0.1, -0.05) is 24.3 Å². The molecule has 3 rings (SSSR count). The van der Waals surface area contributed by atoms with Gasteiger partial charge in [0.15, 0.2) is 0 Å². The van der Waals surface area contributed by atoms with Crippen LogP contribution >= 0.6 is 0 Å². The zero-order valence-corrected chi connectivity index (χ0v) is 11.6. The van der Waals surface area contributed by atoms with Gasteiger partial charge in [0.05, 0.1) is 0 Å². The smallest absolute Gasteiger partial charge is 0.251 e. The monoisotopic (exact) mass is 284 g/mol. The first kappa shape index (κ1) is 13.8. The minimum absolute atomic E-state index is 0.0351. The number of hydrogen-bond acceptors (Lipinski definition) is 2. The standard InChI is InChI=1S/C17H17FN2O/c18-14-5-1-11(2-6-14)9-16(19)13-4-3-12-7-8-20-17(21)15(12)10-13/h1-6,10,16H,7-9,19H2,(H,20,21). The third-order valence-corrected chi connectivity index (χ3v) is 3.86. The van der Waals surface area contributed by atoms with Gasteiger partial charge in [-0.05, 0) is 47.7 Å². The van der Waals surface area contributed by atoms with Crippen LogP contribution in [0.25, 0.3) is 0 Å². The topological polar surface area (TPSA) is 55.1 Å². The molecule has 1 atom stereocenters. The number of benzene rings is 2. The second-order valence-corrected chi connectivity index (χ2v) is 5.36. The molecule has 0 spiro atoms. The summed E-state index contributed by atoms with van der Waals surface area (Å²) >= 11 is 0. The summed E-state index contributed by atoms with van der Waals surface area (Å²) < 4.78 is 12.9. The normalized spacial score (nSPS) is 15.2. The summed E-state index contributed by atoms with van der Waals surface area (Å²) in [5.74, 6) is -0.287. The lowest BCUT2D eigenvalue weighted by Gasteiger charge is -2.19. The van der Waals surface area contributed by atoms with Crippen LogP contribution in [-0.4, -0.2) is 12.5 Å². The quantitative estimate of drug-likeness (QED) is 0.909. The van der Waals surface area contributed by atoms with E-state index < -0.39 is 0 Å². The lowest BCUT2D eigenvalue weighted by Crippen LogP contribution is -2.32. The highest BCUT2D eigenvalue weighted by Gasteiger charge is 2.18. The van der Waals surface area contributed by atoms with Gasteiger partial charge in [0.1, 0.15) is 5.82 Å². The summed E-state index contributed by atoms with van der Waals surface area (Å²) in [6.45, 7) is 0.687. The lowest BCUT2D eigenvalue weighted by molar-refractivity contribution is 0.0946. The van der Waals surface area contributed by atoms with Crippen molar-refractivity contribution in [3.05, 3.63) is 70.5 Å². The molecule has 0 radical (unpaired) electrons. The predicted molar refractivity (Wildman–Crippen MR) is 79.5 cm³/mol. The van der Waals surface area contributed by atoms with Crippen molar-refractivity contribution in [1.29, 1.82) is 0 Å². The Kier molecular flexibility index (Phi) is 3.71. The molecule has 1 unspecified atom stereocenters. The van der Waals surface area contributed by atoms with E-state index in [2.05, 4.69) is 5.32 Å². The van der Waals surface area contributed by atoms with Gasteiger partial charge in [-0.2, -0.15) is 0 Å². The minimum Gasteiger partial charge on any atom is -0.352 e. The Balaban J connectivity index is 1.81. The molecule has 0 fully saturated rings. The van der Waals surface area contributed by atoms with Gasteiger partial charge in [0, 0.05) is 18.2 Å². The molecule has 4 heteroatoms. The summed E-state index contributed by atoms with van der Waals surface area (Å²) in [7, 11) is 0. The van der Waals surface area contributed by atoms with Gasteiger partial charge in [-0.3, -0.25) is 4.79 Å². The van der Waals surface area contributed by atoms with Crippen LogP contribution in [-0.2, 0) is 12.8 Å². The van der Waals surface area contributed by atoms with Crippen molar-refractivity contribution in [2.45, 2.75) is 18.9 Å². The fourth-order valence-electron chi connectivity index (χ4n) is 2.65. The van der Waals surface area contributed by atoms with Gasteiger partial charge < -0.3 is 11.1 Å². The molecule has 0 aliphatic carbocycles. The largest absolute Gasteiger partial charge is 0.352 e. The summed E-state index contributed by atoms with van der Waals surface area (Å²) in [5, 5.41) is 2.84. The third kappa shape index (κ3) is 2.95. The summed E-state index contributed by atoms with van der Waals surface area (Å²) in [6.07, 6.45) is 1.47. The van der Waals surface area contributed by atoms with E-state index in [-0.39, 0.29) is 17.8 Å². The van der Waals surface area contributed by atoms with Crippen molar-refractivity contribution in [1.82, 2.24) is 5.32 Å². The van der Waals surface area contributed by atoms with E-state index in [1.165, 1.54) is 12.1 Å². The zero-order chi connectivity index (χ0) is 14.8. The van der Waals surface area contributed by atoms with Crippen LogP contribution in [0, 0.1) is 5.82 Å². The number of nitrogens with two attached hydrogens (primary N) is 1. The van der Waals surface area contributed by atoms with E-state index in [1.54, 1.807) is 12.1 Å². The fraction of sp³-hybridized carbons (Fsp3) is 0.235. The van der Waals surface area contributed by atoms with Gasteiger partial charge in [0.2, 0.25) is 0 Å². The Hall–Kier alpha value is -2.20. The van der Waals surface area contributed by atoms with E-state index >= 15 is 0 Å². The van der Waals surface area contributed by atoms with E-state index in [4.69, 9.17) is 5.73 Å². The number of fused-ring (bicyclic) bond motifs is 1. The van der Waals surface area contributed by atoms with Gasteiger partial charge >= 0.3 is 0 Å². The molecule has 0 bridgehead atoms. The summed E-state index contributed by atoms with van der Waals surface area (Å²) in [4.78, 5) is 11.9. The molecule has 2 aromatic carbocycles. The highest BCUT2D eigenvalue weighted by atomic mass is 19.1. The molecule has 1 aliphatic rings. The average Bonchev–Trinajstić information content (AvgIpc) is 2.50. The fourth-order valence-corrected chi connectivity index (χ4v) is 2.65. The van der Waals surface area contributed by atoms with Gasteiger partial charge in [-0.25, -0.2) is 4.39 Å². The molecule has 108 valence electrons. The Bertz CT molecular complexity index is 667. The van der Waals surface area contributed by atoms with Crippen LogP contribution in [0.15, 0.2) is 42.5 Å². The summed E-state index contributed by atoms with van der Waals surface area (Å²) in [6, 6.07) is 12.0. The van der Waals surface area contributed by atoms with E-state index in [1.807, 2.05) is 18.2 Å². The molecule has 3 N–H and O–H groups in total. The van der Waals surface area contributed by atoms with Crippen LogP contribution < -0.4 is 11.1 Å². The Morgan fingerprint density at radius 3 is 2.71 bits per heavy atom. The maximum Gasteiger partial charge on any atom is 0.251 e. The van der Waals surface area contributed by atoms with Crippen molar-refractivity contribution in [2.24, 2.45) is 5.73 Å². The highest BCUT2D eigenvalue weighted by molar-refractivity contribution is 5.96. The molecule has 0 saturated carbocycles. The molecule has 0 saturated heterocycles. The first-order valence-electron chi connectivity index (χ1n) is 7.04. The zero-order valence-electron chi connectivity index (χ0n) is 11.6. The van der Waals surface area contributed by atoms with Gasteiger partial charge in [-0.15, -0.1) is 0 Å².